The first-order chi connectivity index (χ1) is 11.4. The van der Waals surface area contributed by atoms with Crippen molar-refractivity contribution >= 4 is 23.4 Å². The molecule has 1 atom stereocenters. The minimum absolute atomic E-state index is 0. The van der Waals surface area contributed by atoms with Crippen LogP contribution in [-0.2, 0) is 0 Å². The summed E-state index contributed by atoms with van der Waals surface area (Å²) in [6, 6.07) is 12.5. The highest BCUT2D eigenvalue weighted by Gasteiger charge is 2.21. The molecule has 0 aliphatic carbocycles. The fourth-order valence-corrected chi connectivity index (χ4v) is 3.25. The maximum Gasteiger partial charge on any atom is 0.158 e. The molecule has 1 unspecified atom stereocenters. The maximum absolute atomic E-state index is 5.35. The van der Waals surface area contributed by atoms with Crippen LogP contribution in [0.5, 0.6) is 5.75 Å². The van der Waals surface area contributed by atoms with E-state index in [9.17, 15) is 0 Å². The molecule has 1 fully saturated rings. The molecule has 1 N–H and O–H groups in total. The van der Waals surface area contributed by atoms with Crippen molar-refractivity contribution in [1.29, 1.82) is 0 Å². The minimum atomic E-state index is 0. The molecule has 1 aliphatic rings. The largest absolute Gasteiger partial charge is 0.497 e. The molecule has 0 bridgehead atoms. The number of benzene rings is 1. The number of hydrogen-bond donors (Lipinski definition) is 1. The standard InChI is InChI=1S/C18H20N4O.ClH/c1-23-15-7-2-5-13(11-15)17-16-8-4-10-20-18(16)22(21-17)14-6-3-9-19-12-14;/h2,4-5,7-8,10-11,14,19H,3,6,9,12H2,1H3;1H. The predicted molar refractivity (Wildman–Crippen MR) is 97.9 cm³/mol. The van der Waals surface area contributed by atoms with Gasteiger partial charge in [-0.1, -0.05) is 12.1 Å². The van der Waals surface area contributed by atoms with E-state index in [0.29, 0.717) is 6.04 Å². The number of piperidine rings is 1. The van der Waals surface area contributed by atoms with Crippen LogP contribution in [-0.4, -0.2) is 35.0 Å². The number of ether oxygens (including phenoxy) is 1. The first-order valence-electron chi connectivity index (χ1n) is 8.05. The van der Waals surface area contributed by atoms with E-state index in [1.807, 2.05) is 30.5 Å². The third kappa shape index (κ3) is 2.97. The Balaban J connectivity index is 0.00000169. The van der Waals surface area contributed by atoms with Crippen LogP contribution in [0.1, 0.15) is 18.9 Å². The van der Waals surface area contributed by atoms with Gasteiger partial charge in [0, 0.05) is 23.7 Å². The molecule has 4 rings (SSSR count). The van der Waals surface area contributed by atoms with Crippen LogP contribution in [0.2, 0.25) is 0 Å². The summed E-state index contributed by atoms with van der Waals surface area (Å²) in [5.74, 6) is 0.841. The number of nitrogens with zero attached hydrogens (tertiary/aromatic N) is 3. The van der Waals surface area contributed by atoms with Crippen molar-refractivity contribution in [3.05, 3.63) is 42.6 Å². The molecule has 3 aromatic rings. The van der Waals surface area contributed by atoms with Crippen molar-refractivity contribution < 1.29 is 4.74 Å². The van der Waals surface area contributed by atoms with E-state index >= 15 is 0 Å². The van der Waals surface area contributed by atoms with Crippen LogP contribution in [0.15, 0.2) is 42.6 Å². The van der Waals surface area contributed by atoms with Gasteiger partial charge in [0.1, 0.15) is 11.4 Å². The topological polar surface area (TPSA) is 52.0 Å². The molecule has 1 saturated heterocycles. The van der Waals surface area contributed by atoms with Gasteiger partial charge in [-0.05, 0) is 43.7 Å². The van der Waals surface area contributed by atoms with Crippen molar-refractivity contribution in [2.75, 3.05) is 20.2 Å². The van der Waals surface area contributed by atoms with Gasteiger partial charge in [0.2, 0.25) is 0 Å². The maximum atomic E-state index is 5.35. The van der Waals surface area contributed by atoms with E-state index in [0.717, 1.165) is 47.6 Å². The summed E-state index contributed by atoms with van der Waals surface area (Å²) in [7, 11) is 1.69. The van der Waals surface area contributed by atoms with Gasteiger partial charge in [0.05, 0.1) is 13.2 Å². The zero-order chi connectivity index (χ0) is 15.6. The molecular weight excluding hydrogens is 324 g/mol. The van der Waals surface area contributed by atoms with Gasteiger partial charge in [0.25, 0.3) is 0 Å². The van der Waals surface area contributed by atoms with Crippen LogP contribution in [0.4, 0.5) is 0 Å². The molecule has 1 aromatic carbocycles. The van der Waals surface area contributed by atoms with E-state index < -0.39 is 0 Å². The number of pyridine rings is 1. The lowest BCUT2D eigenvalue weighted by molar-refractivity contribution is 0.354. The lowest BCUT2D eigenvalue weighted by Crippen LogP contribution is -2.32. The van der Waals surface area contributed by atoms with Crippen LogP contribution >= 0.6 is 12.4 Å². The van der Waals surface area contributed by atoms with Gasteiger partial charge in [0.15, 0.2) is 5.65 Å². The van der Waals surface area contributed by atoms with E-state index in [2.05, 4.69) is 27.1 Å². The molecule has 126 valence electrons. The molecule has 5 nitrogen and oxygen atoms in total. The molecule has 0 spiro atoms. The Kier molecular flexibility index (Phi) is 5.02. The lowest BCUT2D eigenvalue weighted by Gasteiger charge is -2.23. The van der Waals surface area contributed by atoms with Crippen molar-refractivity contribution in [1.82, 2.24) is 20.1 Å². The van der Waals surface area contributed by atoms with E-state index in [1.54, 1.807) is 7.11 Å². The summed E-state index contributed by atoms with van der Waals surface area (Å²) in [4.78, 5) is 4.59. The normalized spacial score (nSPS) is 17.5. The van der Waals surface area contributed by atoms with Crippen LogP contribution in [0.3, 0.4) is 0 Å². The molecule has 3 heterocycles. The Hall–Kier alpha value is -2.11. The molecule has 24 heavy (non-hydrogen) atoms. The van der Waals surface area contributed by atoms with E-state index in [-0.39, 0.29) is 12.4 Å². The summed E-state index contributed by atoms with van der Waals surface area (Å²) >= 11 is 0. The van der Waals surface area contributed by atoms with Crippen molar-refractivity contribution in [2.45, 2.75) is 18.9 Å². The second-order valence-corrected chi connectivity index (χ2v) is 5.90. The zero-order valence-electron chi connectivity index (χ0n) is 13.6. The molecule has 0 amide bonds. The van der Waals surface area contributed by atoms with Gasteiger partial charge in [-0.15, -0.1) is 12.4 Å². The van der Waals surface area contributed by atoms with E-state index in [4.69, 9.17) is 9.84 Å². The first kappa shape index (κ1) is 16.7. The number of nitrogens with one attached hydrogen (secondary N) is 1. The molecule has 2 aromatic heterocycles. The molecular formula is C18H21ClN4O. The third-order valence-electron chi connectivity index (χ3n) is 4.43. The Morgan fingerprint density at radius 2 is 2.17 bits per heavy atom. The highest BCUT2D eigenvalue weighted by atomic mass is 35.5. The second-order valence-electron chi connectivity index (χ2n) is 5.90. The molecule has 0 saturated carbocycles. The average Bonchev–Trinajstić information content (AvgIpc) is 3.02. The predicted octanol–water partition coefficient (Wildman–Crippen LogP) is 3.45. The van der Waals surface area contributed by atoms with Gasteiger partial charge in [-0.25, -0.2) is 9.67 Å². The summed E-state index contributed by atoms with van der Waals surface area (Å²) in [5, 5.41) is 9.46. The number of aromatic nitrogens is 3. The van der Waals surface area contributed by atoms with Crippen LogP contribution in [0.25, 0.3) is 22.3 Å². The molecule has 1 aliphatic heterocycles. The molecule has 0 radical (unpaired) electrons. The quantitative estimate of drug-likeness (QED) is 0.790. The smallest absolute Gasteiger partial charge is 0.158 e. The Morgan fingerprint density at radius 3 is 2.96 bits per heavy atom. The SMILES string of the molecule is COc1cccc(-c2nn(C3CCCNC3)c3ncccc23)c1.Cl. The number of fused-ring (bicyclic) bond motifs is 1. The van der Waals surface area contributed by atoms with Crippen molar-refractivity contribution in [2.24, 2.45) is 0 Å². The van der Waals surface area contributed by atoms with Gasteiger partial charge in [-0.2, -0.15) is 5.10 Å². The monoisotopic (exact) mass is 344 g/mol. The second kappa shape index (κ2) is 7.20. The van der Waals surface area contributed by atoms with Crippen molar-refractivity contribution in [3.63, 3.8) is 0 Å². The third-order valence-corrected chi connectivity index (χ3v) is 4.43. The highest BCUT2D eigenvalue weighted by Crippen LogP contribution is 2.31. The first-order valence-corrected chi connectivity index (χ1v) is 8.05. The van der Waals surface area contributed by atoms with E-state index in [1.165, 1.54) is 6.42 Å². The minimum Gasteiger partial charge on any atom is -0.497 e. The fourth-order valence-electron chi connectivity index (χ4n) is 3.25. The van der Waals surface area contributed by atoms with Crippen LogP contribution < -0.4 is 10.1 Å². The Morgan fingerprint density at radius 1 is 1.25 bits per heavy atom. The van der Waals surface area contributed by atoms with Gasteiger partial charge < -0.3 is 10.1 Å². The highest BCUT2D eigenvalue weighted by molar-refractivity contribution is 5.91. The summed E-state index contributed by atoms with van der Waals surface area (Å²) in [6.07, 6.45) is 4.15. The number of hydrogen-bond acceptors (Lipinski definition) is 4. The zero-order valence-corrected chi connectivity index (χ0v) is 14.4. The number of methoxy groups -OCH3 is 1. The van der Waals surface area contributed by atoms with Gasteiger partial charge in [-0.3, -0.25) is 0 Å². The molecule has 6 heteroatoms. The summed E-state index contributed by atoms with van der Waals surface area (Å²) < 4.78 is 7.44. The fraction of sp³-hybridized carbons (Fsp3) is 0.333. The Labute approximate surface area is 147 Å². The van der Waals surface area contributed by atoms with Gasteiger partial charge >= 0.3 is 0 Å². The van der Waals surface area contributed by atoms with Crippen LogP contribution in [0, 0.1) is 0 Å². The van der Waals surface area contributed by atoms with Crippen molar-refractivity contribution in [3.8, 4) is 17.0 Å². The summed E-state index contributed by atoms with van der Waals surface area (Å²) in [6.45, 7) is 2.04. The number of rotatable bonds is 3. The summed E-state index contributed by atoms with van der Waals surface area (Å²) in [5.41, 5.74) is 2.99. The lowest BCUT2D eigenvalue weighted by atomic mass is 10.1. The Bertz CT molecular complexity index is 827. The number of halogens is 1. The average molecular weight is 345 g/mol.